The predicted octanol–water partition coefficient (Wildman–Crippen LogP) is 4.02. The highest BCUT2D eigenvalue weighted by molar-refractivity contribution is 6.08. The molecule has 2 aromatic carbocycles. The Hall–Kier alpha value is -2.46. The van der Waals surface area contributed by atoms with Crippen LogP contribution in [0, 0.1) is 11.8 Å². The van der Waals surface area contributed by atoms with E-state index in [1.165, 1.54) is 6.42 Å². The molecule has 2 amide bonds. The zero-order chi connectivity index (χ0) is 19.7. The second kappa shape index (κ2) is 6.27. The molecule has 0 radical (unpaired) electrons. The number of carbonyl (C=O) groups is 2. The Labute approximate surface area is 170 Å². The van der Waals surface area contributed by atoms with Gasteiger partial charge in [-0.3, -0.25) is 14.5 Å². The largest absolute Gasteiger partial charge is 0.392 e. The van der Waals surface area contributed by atoms with Crippen molar-refractivity contribution >= 4 is 22.6 Å². The van der Waals surface area contributed by atoms with Gasteiger partial charge in [0.05, 0.1) is 18.4 Å². The molecular weight excluding hydrogens is 362 g/mol. The molecule has 4 aliphatic carbocycles. The van der Waals surface area contributed by atoms with Crippen molar-refractivity contribution in [1.82, 2.24) is 4.90 Å². The van der Waals surface area contributed by atoms with Gasteiger partial charge in [0.1, 0.15) is 0 Å². The first-order chi connectivity index (χ1) is 14.2. The third kappa shape index (κ3) is 2.24. The van der Waals surface area contributed by atoms with Gasteiger partial charge in [-0.25, -0.2) is 0 Å². The molecule has 4 heteroatoms. The fourth-order valence-corrected chi connectivity index (χ4v) is 6.54. The molecule has 148 valence electrons. The van der Waals surface area contributed by atoms with E-state index in [0.717, 1.165) is 53.1 Å². The molecule has 2 bridgehead atoms. The molecule has 2 aromatic rings. The maximum atomic E-state index is 13.5. The summed E-state index contributed by atoms with van der Waals surface area (Å²) in [7, 11) is 0. The predicted molar refractivity (Wildman–Crippen MR) is 110 cm³/mol. The number of rotatable bonds is 2. The van der Waals surface area contributed by atoms with Gasteiger partial charge in [-0.2, -0.15) is 0 Å². The summed E-state index contributed by atoms with van der Waals surface area (Å²) < 4.78 is 0. The van der Waals surface area contributed by atoms with Gasteiger partial charge in [0.15, 0.2) is 0 Å². The van der Waals surface area contributed by atoms with E-state index >= 15 is 0 Å². The highest BCUT2D eigenvalue weighted by atomic mass is 16.3. The second-order valence-corrected chi connectivity index (χ2v) is 9.06. The molecule has 1 saturated heterocycles. The zero-order valence-corrected chi connectivity index (χ0v) is 16.4. The van der Waals surface area contributed by atoms with E-state index in [4.69, 9.17) is 0 Å². The standard InChI is InChI=1S/C25H25NO3/c27-13-20-16-9-5-4-6-14(16)12-19-17-10-11-18(21(19)20)23-22(17)24(28)26(25(23)29)15-7-2-1-3-8-15/h4-6,9-12,15,17-18,22-23,27H,1-3,7-8,13H2/t17?,18?,22-,23+/m1/s1. The van der Waals surface area contributed by atoms with Crippen molar-refractivity contribution < 1.29 is 14.7 Å². The highest BCUT2D eigenvalue weighted by Gasteiger charge is 2.59. The lowest BCUT2D eigenvalue weighted by Crippen LogP contribution is -2.42. The molecule has 0 spiro atoms. The average Bonchev–Trinajstić information content (AvgIpc) is 3.04. The van der Waals surface area contributed by atoms with Crippen molar-refractivity contribution in [3.63, 3.8) is 0 Å². The van der Waals surface area contributed by atoms with Crippen molar-refractivity contribution in [1.29, 1.82) is 0 Å². The van der Waals surface area contributed by atoms with E-state index < -0.39 is 0 Å². The molecule has 1 N–H and O–H groups in total. The number of hydrogen-bond acceptors (Lipinski definition) is 3. The molecule has 2 fully saturated rings. The smallest absolute Gasteiger partial charge is 0.234 e. The molecular formula is C25H25NO3. The minimum absolute atomic E-state index is 0.0222. The van der Waals surface area contributed by atoms with E-state index in [1.54, 1.807) is 4.90 Å². The first kappa shape index (κ1) is 17.4. The van der Waals surface area contributed by atoms with E-state index in [-0.39, 0.29) is 48.1 Å². The van der Waals surface area contributed by atoms with Crippen LogP contribution in [0.25, 0.3) is 10.8 Å². The first-order valence-corrected chi connectivity index (χ1v) is 10.9. The van der Waals surface area contributed by atoms with E-state index in [0.29, 0.717) is 0 Å². The maximum absolute atomic E-state index is 13.5. The number of likely N-dealkylation sites (tertiary alicyclic amines) is 1. The van der Waals surface area contributed by atoms with Crippen LogP contribution in [-0.4, -0.2) is 27.9 Å². The van der Waals surface area contributed by atoms with Crippen molar-refractivity contribution in [2.45, 2.75) is 56.6 Å². The zero-order valence-electron chi connectivity index (χ0n) is 16.4. The number of allylic oxidation sites excluding steroid dienone is 2. The van der Waals surface area contributed by atoms with Gasteiger partial charge in [0.25, 0.3) is 0 Å². The van der Waals surface area contributed by atoms with Crippen molar-refractivity contribution in [3.8, 4) is 0 Å². The number of aliphatic hydroxyl groups excluding tert-OH is 1. The molecule has 1 aliphatic heterocycles. The van der Waals surface area contributed by atoms with Crippen LogP contribution in [0.2, 0.25) is 0 Å². The Morgan fingerprint density at radius 2 is 1.62 bits per heavy atom. The number of nitrogens with zero attached hydrogens (tertiary/aromatic N) is 1. The van der Waals surface area contributed by atoms with Gasteiger partial charge in [-0.15, -0.1) is 0 Å². The third-order valence-electron chi connectivity index (χ3n) is 7.76. The van der Waals surface area contributed by atoms with Gasteiger partial charge < -0.3 is 5.11 Å². The van der Waals surface area contributed by atoms with Gasteiger partial charge in [0, 0.05) is 17.9 Å². The minimum atomic E-state index is -0.307. The van der Waals surface area contributed by atoms with Gasteiger partial charge in [0.2, 0.25) is 11.8 Å². The number of imide groups is 1. The van der Waals surface area contributed by atoms with Crippen molar-refractivity contribution in [3.05, 3.63) is 59.2 Å². The summed E-state index contributed by atoms with van der Waals surface area (Å²) in [5.41, 5.74) is 3.15. The third-order valence-corrected chi connectivity index (χ3v) is 7.76. The first-order valence-electron chi connectivity index (χ1n) is 10.9. The van der Waals surface area contributed by atoms with E-state index in [2.05, 4.69) is 24.3 Å². The summed E-state index contributed by atoms with van der Waals surface area (Å²) in [6, 6.07) is 10.4. The number of fused-ring (bicyclic) bond motifs is 1. The van der Waals surface area contributed by atoms with Crippen LogP contribution in [0.15, 0.2) is 42.5 Å². The van der Waals surface area contributed by atoms with Gasteiger partial charge in [-0.1, -0.05) is 61.7 Å². The van der Waals surface area contributed by atoms with Crippen LogP contribution >= 0.6 is 0 Å². The monoisotopic (exact) mass is 387 g/mol. The Morgan fingerprint density at radius 1 is 0.931 bits per heavy atom. The number of amides is 2. The fraction of sp³-hybridized carbons (Fsp3) is 0.440. The Morgan fingerprint density at radius 3 is 2.38 bits per heavy atom. The second-order valence-electron chi connectivity index (χ2n) is 9.06. The molecule has 4 nitrogen and oxygen atoms in total. The molecule has 1 heterocycles. The van der Waals surface area contributed by atoms with Crippen LogP contribution in [0.3, 0.4) is 0 Å². The number of aliphatic hydroxyl groups is 1. The lowest BCUT2D eigenvalue weighted by molar-refractivity contribution is -0.143. The van der Waals surface area contributed by atoms with Crippen LogP contribution in [-0.2, 0) is 16.2 Å². The minimum Gasteiger partial charge on any atom is -0.392 e. The Kier molecular flexibility index (Phi) is 3.76. The fourth-order valence-electron chi connectivity index (χ4n) is 6.54. The van der Waals surface area contributed by atoms with Crippen LogP contribution in [0.1, 0.15) is 60.6 Å². The molecule has 0 aromatic heterocycles. The summed E-state index contributed by atoms with van der Waals surface area (Å²) in [6.07, 6.45) is 9.54. The molecule has 2 unspecified atom stereocenters. The van der Waals surface area contributed by atoms with Crippen LogP contribution in [0.5, 0.6) is 0 Å². The van der Waals surface area contributed by atoms with E-state index in [9.17, 15) is 14.7 Å². The molecule has 29 heavy (non-hydrogen) atoms. The molecule has 5 aliphatic rings. The summed E-state index contributed by atoms with van der Waals surface area (Å²) in [6.45, 7) is -0.0490. The maximum Gasteiger partial charge on any atom is 0.234 e. The molecule has 7 rings (SSSR count). The van der Waals surface area contributed by atoms with Gasteiger partial charge in [-0.05, 0) is 40.3 Å². The lowest BCUT2D eigenvalue weighted by Gasteiger charge is -2.41. The van der Waals surface area contributed by atoms with Crippen molar-refractivity contribution in [2.75, 3.05) is 0 Å². The molecule has 4 atom stereocenters. The summed E-state index contributed by atoms with van der Waals surface area (Å²) in [4.78, 5) is 28.7. The topological polar surface area (TPSA) is 57.6 Å². The Balaban J connectivity index is 1.51. The lowest BCUT2D eigenvalue weighted by atomic mass is 9.59. The van der Waals surface area contributed by atoms with E-state index in [1.807, 2.05) is 18.2 Å². The SMILES string of the molecule is O=C1[C@@H]2C3C=CC(c4c3cc3ccccc3c4CO)[C@@H]2C(=O)N1C1CCCCC1. The number of benzene rings is 2. The average molecular weight is 387 g/mol. The Bertz CT molecular complexity index is 1070. The molecule has 1 saturated carbocycles. The summed E-state index contributed by atoms with van der Waals surface area (Å²) in [5, 5.41) is 12.4. The normalized spacial score (nSPS) is 30.9. The quantitative estimate of drug-likeness (QED) is 0.626. The van der Waals surface area contributed by atoms with Crippen LogP contribution in [0.4, 0.5) is 0 Å². The number of hydrogen-bond donors (Lipinski definition) is 1. The number of carbonyl (C=O) groups excluding carboxylic acids is 2. The van der Waals surface area contributed by atoms with Gasteiger partial charge >= 0.3 is 0 Å². The highest BCUT2D eigenvalue weighted by Crippen LogP contribution is 2.57. The van der Waals surface area contributed by atoms with Crippen LogP contribution < -0.4 is 0 Å². The summed E-state index contributed by atoms with van der Waals surface area (Å²) in [5.74, 6) is -0.709. The van der Waals surface area contributed by atoms with Crippen molar-refractivity contribution in [2.24, 2.45) is 11.8 Å². The summed E-state index contributed by atoms with van der Waals surface area (Å²) >= 11 is 0.